The third kappa shape index (κ3) is 1.05. The zero-order valence-corrected chi connectivity index (χ0v) is 5.27. The maximum Gasteiger partial charge on any atom is 0.409 e. The molecule has 5 heteroatoms. The summed E-state index contributed by atoms with van der Waals surface area (Å²) in [6.45, 7) is 0.206. The Morgan fingerprint density at radius 1 is 1.50 bits per heavy atom. The highest BCUT2D eigenvalue weighted by atomic mass is 16.4. The molecular weight excluding hydrogens is 138 g/mol. The first-order chi connectivity index (χ1) is 4.63. The van der Waals surface area contributed by atoms with Crippen LogP contribution in [0.4, 0.5) is 4.79 Å². The van der Waals surface area contributed by atoms with Crippen molar-refractivity contribution in [3.8, 4) is 0 Å². The van der Waals surface area contributed by atoms with E-state index in [1.807, 2.05) is 0 Å². The standard InChI is InChI=1S/C5H9NO4/c7-3-1-2-6(4(3)8)5(9)10/h3-4,7-8H,1-2H2,(H,9,10). The Hall–Kier alpha value is -0.810. The van der Waals surface area contributed by atoms with Crippen molar-refractivity contribution in [2.45, 2.75) is 18.8 Å². The number of aliphatic hydroxyl groups excluding tert-OH is 2. The van der Waals surface area contributed by atoms with Crippen LogP contribution in [0.25, 0.3) is 0 Å². The van der Waals surface area contributed by atoms with E-state index in [1.165, 1.54) is 0 Å². The van der Waals surface area contributed by atoms with Crippen LogP contribution in [-0.4, -0.2) is 45.2 Å². The third-order valence-corrected chi connectivity index (χ3v) is 1.57. The molecule has 0 aromatic rings. The van der Waals surface area contributed by atoms with E-state index in [9.17, 15) is 4.79 Å². The molecule has 1 amide bonds. The Morgan fingerprint density at radius 3 is 2.30 bits per heavy atom. The quantitative estimate of drug-likeness (QED) is 0.412. The Labute approximate surface area is 57.5 Å². The lowest BCUT2D eigenvalue weighted by atomic mass is 10.3. The van der Waals surface area contributed by atoms with Gasteiger partial charge >= 0.3 is 6.09 Å². The van der Waals surface area contributed by atoms with Gasteiger partial charge < -0.3 is 15.3 Å². The van der Waals surface area contributed by atoms with Crippen molar-refractivity contribution < 1.29 is 20.1 Å². The molecule has 0 aromatic heterocycles. The van der Waals surface area contributed by atoms with Crippen LogP contribution >= 0.6 is 0 Å². The summed E-state index contributed by atoms with van der Waals surface area (Å²) in [5, 5.41) is 26.1. The molecule has 0 spiro atoms. The van der Waals surface area contributed by atoms with Gasteiger partial charge in [-0.1, -0.05) is 0 Å². The summed E-state index contributed by atoms with van der Waals surface area (Å²) < 4.78 is 0. The summed E-state index contributed by atoms with van der Waals surface area (Å²) in [6.07, 6.45) is -3.04. The molecule has 0 saturated carbocycles. The highest BCUT2D eigenvalue weighted by Gasteiger charge is 2.33. The molecule has 0 aromatic carbocycles. The minimum atomic E-state index is -1.24. The number of aliphatic hydroxyl groups is 2. The van der Waals surface area contributed by atoms with Crippen molar-refractivity contribution in [2.24, 2.45) is 0 Å². The van der Waals surface area contributed by atoms with Gasteiger partial charge in [-0.15, -0.1) is 0 Å². The zero-order chi connectivity index (χ0) is 7.72. The van der Waals surface area contributed by atoms with Gasteiger partial charge in [0.05, 0.1) is 0 Å². The molecule has 10 heavy (non-hydrogen) atoms. The highest BCUT2D eigenvalue weighted by molar-refractivity contribution is 5.65. The predicted octanol–water partition coefficient (Wildman–Crippen LogP) is -0.951. The maximum absolute atomic E-state index is 10.2. The van der Waals surface area contributed by atoms with E-state index in [2.05, 4.69) is 0 Å². The van der Waals surface area contributed by atoms with E-state index in [0.717, 1.165) is 4.90 Å². The molecule has 1 rings (SSSR count). The van der Waals surface area contributed by atoms with Crippen LogP contribution in [-0.2, 0) is 0 Å². The van der Waals surface area contributed by atoms with Crippen LogP contribution in [0, 0.1) is 0 Å². The monoisotopic (exact) mass is 147 g/mol. The minimum Gasteiger partial charge on any atom is -0.465 e. The van der Waals surface area contributed by atoms with Crippen molar-refractivity contribution in [3.05, 3.63) is 0 Å². The largest absolute Gasteiger partial charge is 0.465 e. The van der Waals surface area contributed by atoms with E-state index in [4.69, 9.17) is 15.3 Å². The van der Waals surface area contributed by atoms with E-state index in [0.29, 0.717) is 6.42 Å². The van der Waals surface area contributed by atoms with Crippen LogP contribution in [0.2, 0.25) is 0 Å². The molecule has 3 N–H and O–H groups in total. The molecule has 1 saturated heterocycles. The lowest BCUT2D eigenvalue weighted by molar-refractivity contribution is -0.0268. The fourth-order valence-electron chi connectivity index (χ4n) is 0.969. The molecule has 2 unspecified atom stereocenters. The van der Waals surface area contributed by atoms with Gasteiger partial charge in [-0.3, -0.25) is 4.90 Å². The molecule has 1 aliphatic heterocycles. The summed E-state index contributed by atoms with van der Waals surface area (Å²) in [5.74, 6) is 0. The topological polar surface area (TPSA) is 81.0 Å². The van der Waals surface area contributed by atoms with Crippen LogP contribution in [0.1, 0.15) is 6.42 Å². The minimum absolute atomic E-state index is 0.206. The Kier molecular flexibility index (Phi) is 1.78. The normalized spacial score (nSPS) is 32.8. The fourth-order valence-corrected chi connectivity index (χ4v) is 0.969. The van der Waals surface area contributed by atoms with Crippen molar-refractivity contribution in [3.63, 3.8) is 0 Å². The van der Waals surface area contributed by atoms with Crippen LogP contribution in [0.15, 0.2) is 0 Å². The molecular formula is C5H9NO4. The van der Waals surface area contributed by atoms with Gasteiger partial charge in [0.2, 0.25) is 0 Å². The van der Waals surface area contributed by atoms with Gasteiger partial charge in [-0.05, 0) is 6.42 Å². The van der Waals surface area contributed by atoms with Gasteiger partial charge in [0.15, 0.2) is 6.23 Å². The van der Waals surface area contributed by atoms with Gasteiger partial charge in [0, 0.05) is 6.54 Å². The van der Waals surface area contributed by atoms with E-state index < -0.39 is 18.4 Å². The Morgan fingerprint density at radius 2 is 2.10 bits per heavy atom. The third-order valence-electron chi connectivity index (χ3n) is 1.57. The van der Waals surface area contributed by atoms with E-state index >= 15 is 0 Å². The number of nitrogens with zero attached hydrogens (tertiary/aromatic N) is 1. The van der Waals surface area contributed by atoms with Crippen LogP contribution in [0.3, 0.4) is 0 Å². The second kappa shape index (κ2) is 2.43. The molecule has 1 aliphatic rings. The number of hydrogen-bond donors (Lipinski definition) is 3. The maximum atomic E-state index is 10.2. The van der Waals surface area contributed by atoms with Crippen molar-refractivity contribution in [1.29, 1.82) is 0 Å². The highest BCUT2D eigenvalue weighted by Crippen LogP contribution is 2.14. The first-order valence-corrected chi connectivity index (χ1v) is 2.98. The number of carboxylic acid groups (broad SMARTS) is 1. The Bertz CT molecular complexity index is 149. The number of hydrogen-bond acceptors (Lipinski definition) is 3. The molecule has 5 nitrogen and oxygen atoms in total. The lowest BCUT2D eigenvalue weighted by Crippen LogP contribution is -2.38. The molecule has 0 bridgehead atoms. The average Bonchev–Trinajstić information content (AvgIpc) is 2.14. The summed E-state index contributed by atoms with van der Waals surface area (Å²) >= 11 is 0. The van der Waals surface area contributed by atoms with Crippen LogP contribution < -0.4 is 0 Å². The fraction of sp³-hybridized carbons (Fsp3) is 0.800. The summed E-state index contributed by atoms with van der Waals surface area (Å²) in [4.78, 5) is 11.0. The summed E-state index contributed by atoms with van der Waals surface area (Å²) in [7, 11) is 0. The van der Waals surface area contributed by atoms with Crippen LogP contribution in [0.5, 0.6) is 0 Å². The number of carbonyl (C=O) groups is 1. The summed E-state index contributed by atoms with van der Waals surface area (Å²) in [5.41, 5.74) is 0. The number of amides is 1. The SMILES string of the molecule is O=C(O)N1CCC(O)C1O. The second-order valence-electron chi connectivity index (χ2n) is 2.25. The van der Waals surface area contributed by atoms with E-state index in [-0.39, 0.29) is 6.54 Å². The predicted molar refractivity (Wildman–Crippen MR) is 31.4 cm³/mol. The molecule has 1 heterocycles. The molecule has 2 atom stereocenters. The molecule has 58 valence electrons. The molecule has 0 aliphatic carbocycles. The van der Waals surface area contributed by atoms with Gasteiger partial charge in [-0.25, -0.2) is 4.79 Å². The van der Waals surface area contributed by atoms with Gasteiger partial charge in [0.1, 0.15) is 6.10 Å². The molecule has 0 radical (unpaired) electrons. The zero-order valence-electron chi connectivity index (χ0n) is 5.27. The van der Waals surface area contributed by atoms with Crippen molar-refractivity contribution in [1.82, 2.24) is 4.90 Å². The second-order valence-corrected chi connectivity index (χ2v) is 2.25. The van der Waals surface area contributed by atoms with Crippen molar-refractivity contribution >= 4 is 6.09 Å². The van der Waals surface area contributed by atoms with Gasteiger partial charge in [-0.2, -0.15) is 0 Å². The number of likely N-dealkylation sites (tertiary alicyclic amines) is 1. The van der Waals surface area contributed by atoms with Crippen molar-refractivity contribution in [2.75, 3.05) is 6.54 Å². The summed E-state index contributed by atoms with van der Waals surface area (Å²) in [6, 6.07) is 0. The Balaban J connectivity index is 2.57. The van der Waals surface area contributed by atoms with E-state index in [1.54, 1.807) is 0 Å². The molecule has 1 fully saturated rings. The first-order valence-electron chi connectivity index (χ1n) is 2.98. The average molecular weight is 147 g/mol. The van der Waals surface area contributed by atoms with Gasteiger partial charge in [0.25, 0.3) is 0 Å². The first kappa shape index (κ1) is 7.30. The lowest BCUT2D eigenvalue weighted by Gasteiger charge is -2.16. The number of rotatable bonds is 0. The smallest absolute Gasteiger partial charge is 0.409 e.